The third-order valence-electron chi connectivity index (χ3n) is 5.18. The highest BCUT2D eigenvalue weighted by Crippen LogP contribution is 2.21. The number of anilines is 1. The molecule has 3 rings (SSSR count). The molecule has 1 aliphatic heterocycles. The zero-order chi connectivity index (χ0) is 21.3. The van der Waals surface area contributed by atoms with Crippen molar-refractivity contribution in [2.45, 2.75) is 32.2 Å². The van der Waals surface area contributed by atoms with E-state index in [4.69, 9.17) is 4.74 Å². The van der Waals surface area contributed by atoms with Gasteiger partial charge in [-0.3, -0.25) is 0 Å². The van der Waals surface area contributed by atoms with Crippen LogP contribution in [0, 0.1) is 11.7 Å². The highest BCUT2D eigenvalue weighted by atomic mass is 19.1. The topological polar surface area (TPSA) is 79.5 Å². The van der Waals surface area contributed by atoms with E-state index in [1.54, 1.807) is 31.2 Å². The fraction of sp³-hybridized carbons (Fsp3) is 0.391. The zero-order valence-electron chi connectivity index (χ0n) is 17.1. The van der Waals surface area contributed by atoms with Gasteiger partial charge in [0, 0.05) is 18.3 Å². The summed E-state index contributed by atoms with van der Waals surface area (Å²) in [7, 11) is 0. The van der Waals surface area contributed by atoms with Gasteiger partial charge in [0.05, 0.1) is 12.2 Å². The Labute approximate surface area is 176 Å². The molecule has 1 fully saturated rings. The maximum absolute atomic E-state index is 13.1. The molecule has 7 heteroatoms. The fourth-order valence-electron chi connectivity index (χ4n) is 3.72. The fourth-order valence-corrected chi connectivity index (χ4v) is 3.72. The molecule has 3 N–H and O–H groups in total. The number of carbonyl (C=O) groups excluding carboxylic acids is 2. The van der Waals surface area contributed by atoms with Crippen molar-refractivity contribution in [2.75, 3.05) is 25.0 Å². The molecule has 0 aliphatic carbocycles. The normalized spacial score (nSPS) is 18.5. The maximum Gasteiger partial charge on any atom is 0.338 e. The van der Waals surface area contributed by atoms with Gasteiger partial charge in [-0.25, -0.2) is 14.0 Å². The van der Waals surface area contributed by atoms with Gasteiger partial charge in [-0.15, -0.1) is 0 Å². The van der Waals surface area contributed by atoms with Crippen LogP contribution in [-0.2, 0) is 11.2 Å². The van der Waals surface area contributed by atoms with Crippen molar-refractivity contribution in [3.8, 4) is 0 Å². The van der Waals surface area contributed by atoms with Gasteiger partial charge in [-0.2, -0.15) is 0 Å². The van der Waals surface area contributed by atoms with Crippen molar-refractivity contribution in [1.82, 2.24) is 10.6 Å². The van der Waals surface area contributed by atoms with Crippen LogP contribution in [-0.4, -0.2) is 37.7 Å². The molecule has 1 aliphatic rings. The van der Waals surface area contributed by atoms with Gasteiger partial charge in [0.25, 0.3) is 0 Å². The highest BCUT2D eigenvalue weighted by molar-refractivity contribution is 5.93. The predicted octanol–water partition coefficient (Wildman–Crippen LogP) is 3.73. The van der Waals surface area contributed by atoms with E-state index >= 15 is 0 Å². The van der Waals surface area contributed by atoms with Crippen LogP contribution in [0.1, 0.15) is 35.7 Å². The number of urea groups is 1. The smallest absolute Gasteiger partial charge is 0.338 e. The molecule has 30 heavy (non-hydrogen) atoms. The van der Waals surface area contributed by atoms with Gasteiger partial charge < -0.3 is 20.7 Å². The lowest BCUT2D eigenvalue weighted by Crippen LogP contribution is -2.47. The Hall–Kier alpha value is -2.93. The Kier molecular flexibility index (Phi) is 7.79. The molecular weight excluding hydrogens is 385 g/mol. The Balaban J connectivity index is 1.45. The molecule has 160 valence electrons. The van der Waals surface area contributed by atoms with Gasteiger partial charge in [-0.05, 0) is 74.5 Å². The van der Waals surface area contributed by atoms with Crippen LogP contribution >= 0.6 is 0 Å². The van der Waals surface area contributed by atoms with Crippen LogP contribution in [0.2, 0.25) is 0 Å². The zero-order valence-corrected chi connectivity index (χ0v) is 17.1. The molecule has 0 saturated carbocycles. The summed E-state index contributed by atoms with van der Waals surface area (Å²) in [5.41, 5.74) is 2.06. The van der Waals surface area contributed by atoms with E-state index in [0.717, 1.165) is 31.4 Å². The van der Waals surface area contributed by atoms with Gasteiger partial charge in [0.15, 0.2) is 0 Å². The number of ether oxygens (including phenoxy) is 1. The van der Waals surface area contributed by atoms with Crippen molar-refractivity contribution in [3.63, 3.8) is 0 Å². The molecule has 0 bridgehead atoms. The van der Waals surface area contributed by atoms with Crippen molar-refractivity contribution in [1.29, 1.82) is 0 Å². The van der Waals surface area contributed by atoms with Crippen LogP contribution in [0.4, 0.5) is 14.9 Å². The van der Waals surface area contributed by atoms with Crippen LogP contribution in [0.5, 0.6) is 0 Å². The monoisotopic (exact) mass is 413 g/mol. The van der Waals surface area contributed by atoms with E-state index in [1.165, 1.54) is 12.1 Å². The first kappa shape index (κ1) is 21.8. The molecule has 1 heterocycles. The van der Waals surface area contributed by atoms with E-state index in [-0.39, 0.29) is 17.9 Å². The second-order valence-corrected chi connectivity index (χ2v) is 7.51. The second-order valence-electron chi connectivity index (χ2n) is 7.51. The Morgan fingerprint density at radius 1 is 1.20 bits per heavy atom. The minimum absolute atomic E-state index is 0.181. The number of hydrogen-bond donors (Lipinski definition) is 3. The lowest BCUT2D eigenvalue weighted by atomic mass is 9.87. The first-order chi connectivity index (χ1) is 14.5. The third-order valence-corrected chi connectivity index (χ3v) is 5.18. The molecule has 0 radical (unpaired) electrons. The molecule has 1 saturated heterocycles. The standard InChI is InChI=1S/C23H28FN3O3/c1-2-30-22(28)18-4-3-5-20(14-18)27-23(29)26-15-21-13-17(10-11-25-21)12-16-6-8-19(24)9-7-16/h3-9,14,17,21,25H,2,10-13,15H2,1H3,(H2,26,27,29)/t17-,21+/m1/s1. The van der Waals surface area contributed by atoms with Crippen molar-refractivity contribution in [2.24, 2.45) is 5.92 Å². The summed E-state index contributed by atoms with van der Waals surface area (Å²) in [5.74, 6) is -0.141. The number of amides is 2. The summed E-state index contributed by atoms with van der Waals surface area (Å²) in [5, 5.41) is 9.08. The molecule has 6 nitrogen and oxygen atoms in total. The number of hydrogen-bond acceptors (Lipinski definition) is 4. The molecule has 2 aromatic carbocycles. The lowest BCUT2D eigenvalue weighted by Gasteiger charge is -2.30. The number of benzene rings is 2. The number of halogens is 1. The first-order valence-corrected chi connectivity index (χ1v) is 10.3. The van der Waals surface area contributed by atoms with Crippen molar-refractivity contribution in [3.05, 3.63) is 65.5 Å². The molecule has 0 spiro atoms. The molecular formula is C23H28FN3O3. The highest BCUT2D eigenvalue weighted by Gasteiger charge is 2.22. The Morgan fingerprint density at radius 2 is 2.00 bits per heavy atom. The summed E-state index contributed by atoms with van der Waals surface area (Å²) in [6.07, 6.45) is 2.90. The molecule has 0 unspecified atom stereocenters. The molecule has 2 amide bonds. The average Bonchev–Trinajstić information content (AvgIpc) is 2.75. The van der Waals surface area contributed by atoms with Crippen LogP contribution < -0.4 is 16.0 Å². The Bertz CT molecular complexity index is 857. The summed E-state index contributed by atoms with van der Waals surface area (Å²) in [6.45, 7) is 3.44. The van der Waals surface area contributed by atoms with E-state index in [1.807, 2.05) is 12.1 Å². The van der Waals surface area contributed by atoms with Crippen molar-refractivity contribution < 1.29 is 18.7 Å². The number of rotatable bonds is 7. The number of esters is 1. The number of piperidine rings is 1. The predicted molar refractivity (Wildman–Crippen MR) is 114 cm³/mol. The van der Waals surface area contributed by atoms with E-state index in [9.17, 15) is 14.0 Å². The summed E-state index contributed by atoms with van der Waals surface area (Å²) >= 11 is 0. The van der Waals surface area contributed by atoms with Gasteiger partial charge in [0.2, 0.25) is 0 Å². The van der Waals surface area contributed by atoms with Gasteiger partial charge in [0.1, 0.15) is 5.82 Å². The first-order valence-electron chi connectivity index (χ1n) is 10.3. The van der Waals surface area contributed by atoms with Crippen molar-refractivity contribution >= 4 is 17.7 Å². The SMILES string of the molecule is CCOC(=O)c1cccc(NC(=O)NC[C@@H]2C[C@@H](Cc3ccc(F)cc3)CCN2)c1. The number of carbonyl (C=O) groups is 2. The van der Waals surface area contributed by atoms with Gasteiger partial charge in [-0.1, -0.05) is 18.2 Å². The van der Waals surface area contributed by atoms with Crippen LogP contribution in [0.3, 0.4) is 0 Å². The summed E-state index contributed by atoms with van der Waals surface area (Å²) in [4.78, 5) is 24.1. The molecule has 0 aromatic heterocycles. The van der Waals surface area contributed by atoms with E-state index in [2.05, 4.69) is 16.0 Å². The molecule has 2 atom stereocenters. The maximum atomic E-state index is 13.1. The third kappa shape index (κ3) is 6.56. The minimum Gasteiger partial charge on any atom is -0.462 e. The van der Waals surface area contributed by atoms with E-state index < -0.39 is 5.97 Å². The minimum atomic E-state index is -0.417. The lowest BCUT2D eigenvalue weighted by molar-refractivity contribution is 0.0526. The number of nitrogens with one attached hydrogen (secondary N) is 3. The Morgan fingerprint density at radius 3 is 2.77 bits per heavy atom. The average molecular weight is 413 g/mol. The summed E-state index contributed by atoms with van der Waals surface area (Å²) < 4.78 is 18.1. The van der Waals surface area contributed by atoms with Gasteiger partial charge >= 0.3 is 12.0 Å². The largest absolute Gasteiger partial charge is 0.462 e. The van der Waals surface area contributed by atoms with Crippen LogP contribution in [0.15, 0.2) is 48.5 Å². The molecule has 2 aromatic rings. The quantitative estimate of drug-likeness (QED) is 0.605. The van der Waals surface area contributed by atoms with E-state index in [0.29, 0.717) is 30.3 Å². The second kappa shape index (κ2) is 10.7. The summed E-state index contributed by atoms with van der Waals surface area (Å²) in [6, 6.07) is 13.2. The van der Waals surface area contributed by atoms with Crippen LogP contribution in [0.25, 0.3) is 0 Å².